The smallest absolute Gasteiger partial charge is 0.198 e. The van der Waals surface area contributed by atoms with Gasteiger partial charge >= 0.3 is 0 Å². The Labute approximate surface area is 137 Å². The molecule has 2 aromatic rings. The molecule has 3 rings (SSSR count). The van der Waals surface area contributed by atoms with Crippen molar-refractivity contribution < 1.29 is 4.74 Å². The van der Waals surface area contributed by atoms with Gasteiger partial charge in [0.05, 0.1) is 7.11 Å². The van der Waals surface area contributed by atoms with Crippen molar-refractivity contribution in [3.63, 3.8) is 0 Å². The van der Waals surface area contributed by atoms with Crippen LogP contribution in [-0.4, -0.2) is 33.2 Å². The van der Waals surface area contributed by atoms with Crippen LogP contribution >= 0.6 is 0 Å². The molecule has 0 radical (unpaired) electrons. The predicted octanol–water partition coefficient (Wildman–Crippen LogP) is 2.88. The lowest BCUT2D eigenvalue weighted by Gasteiger charge is -2.22. The lowest BCUT2D eigenvalue weighted by molar-refractivity contribution is 0.414. The van der Waals surface area contributed by atoms with Gasteiger partial charge in [-0.15, -0.1) is 0 Å². The summed E-state index contributed by atoms with van der Waals surface area (Å²) >= 11 is 0. The van der Waals surface area contributed by atoms with Crippen LogP contribution in [0.5, 0.6) is 5.75 Å². The molecule has 23 heavy (non-hydrogen) atoms. The first kappa shape index (κ1) is 15.4. The zero-order valence-corrected chi connectivity index (χ0v) is 13.7. The first-order valence-corrected chi connectivity index (χ1v) is 8.01. The number of nitrogens with zero attached hydrogens (tertiary/aromatic N) is 2. The maximum Gasteiger partial charge on any atom is 0.198 e. The number of hydrogen-bond acceptors (Lipinski definition) is 2. The molecule has 0 unspecified atom stereocenters. The second kappa shape index (κ2) is 7.18. The quantitative estimate of drug-likeness (QED) is 0.697. The van der Waals surface area contributed by atoms with E-state index < -0.39 is 0 Å². The molecule has 1 heterocycles. The molecule has 0 fully saturated rings. The van der Waals surface area contributed by atoms with Crippen molar-refractivity contribution in [3.05, 3.63) is 59.7 Å². The third-order valence-electron chi connectivity index (χ3n) is 4.21. The van der Waals surface area contributed by atoms with E-state index in [2.05, 4.69) is 51.6 Å². The molecule has 0 bridgehead atoms. The lowest BCUT2D eigenvalue weighted by Crippen LogP contribution is -2.41. The predicted molar refractivity (Wildman–Crippen MR) is 95.6 cm³/mol. The first-order valence-electron chi connectivity index (χ1n) is 8.01. The number of aliphatic imine (C=N–C) groups is 1. The van der Waals surface area contributed by atoms with Gasteiger partial charge in [-0.25, -0.2) is 0 Å². The van der Waals surface area contributed by atoms with Crippen LogP contribution in [-0.2, 0) is 12.8 Å². The van der Waals surface area contributed by atoms with Crippen LogP contribution in [0.2, 0.25) is 0 Å². The lowest BCUT2D eigenvalue weighted by atomic mass is 10.1. The van der Waals surface area contributed by atoms with Crippen LogP contribution < -0.4 is 15.0 Å². The number of para-hydroxylation sites is 1. The molecule has 2 aromatic carbocycles. The number of rotatable bonds is 4. The Morgan fingerprint density at radius 2 is 1.96 bits per heavy atom. The van der Waals surface area contributed by atoms with Gasteiger partial charge in [-0.2, -0.15) is 0 Å². The van der Waals surface area contributed by atoms with Gasteiger partial charge in [0.1, 0.15) is 5.75 Å². The molecule has 0 saturated carbocycles. The highest BCUT2D eigenvalue weighted by atomic mass is 16.5. The van der Waals surface area contributed by atoms with E-state index in [0.717, 1.165) is 37.6 Å². The summed E-state index contributed by atoms with van der Waals surface area (Å²) in [6.45, 7) is 1.85. The van der Waals surface area contributed by atoms with Crippen molar-refractivity contribution in [3.8, 4) is 5.75 Å². The van der Waals surface area contributed by atoms with Crippen molar-refractivity contribution >= 4 is 11.6 Å². The van der Waals surface area contributed by atoms with Crippen molar-refractivity contribution in [2.75, 3.05) is 32.1 Å². The Morgan fingerprint density at radius 3 is 2.70 bits per heavy atom. The summed E-state index contributed by atoms with van der Waals surface area (Å²) in [4.78, 5) is 6.71. The van der Waals surface area contributed by atoms with Crippen LogP contribution in [0.25, 0.3) is 0 Å². The number of benzene rings is 2. The summed E-state index contributed by atoms with van der Waals surface area (Å²) < 4.78 is 5.19. The highest BCUT2D eigenvalue weighted by Gasteiger charge is 2.21. The largest absolute Gasteiger partial charge is 0.497 e. The summed E-state index contributed by atoms with van der Waals surface area (Å²) in [5.74, 6) is 1.84. The van der Waals surface area contributed by atoms with Crippen LogP contribution in [0, 0.1) is 0 Å². The Morgan fingerprint density at radius 1 is 1.17 bits per heavy atom. The topological polar surface area (TPSA) is 36.9 Å². The molecule has 1 N–H and O–H groups in total. The van der Waals surface area contributed by atoms with Gasteiger partial charge in [0, 0.05) is 25.8 Å². The number of fused-ring (bicyclic) bond motifs is 1. The molecule has 0 amide bonds. The van der Waals surface area contributed by atoms with Crippen LogP contribution in [0.1, 0.15) is 11.1 Å². The van der Waals surface area contributed by atoms with Crippen molar-refractivity contribution in [2.24, 2.45) is 4.99 Å². The van der Waals surface area contributed by atoms with E-state index in [4.69, 9.17) is 4.74 Å². The van der Waals surface area contributed by atoms with Crippen LogP contribution in [0.3, 0.4) is 0 Å². The van der Waals surface area contributed by atoms with Crippen molar-refractivity contribution in [1.29, 1.82) is 0 Å². The Balaban J connectivity index is 1.58. The number of hydrogen-bond donors (Lipinski definition) is 1. The molecule has 4 heteroatoms. The summed E-state index contributed by atoms with van der Waals surface area (Å²) in [7, 11) is 3.53. The Kier molecular flexibility index (Phi) is 4.81. The molecular formula is C19H23N3O. The fourth-order valence-corrected chi connectivity index (χ4v) is 2.96. The molecule has 0 saturated heterocycles. The van der Waals surface area contributed by atoms with Gasteiger partial charge in [-0.3, -0.25) is 4.99 Å². The molecule has 4 nitrogen and oxygen atoms in total. The van der Waals surface area contributed by atoms with E-state index in [1.54, 1.807) is 7.11 Å². The average Bonchev–Trinajstić information content (AvgIpc) is 3.03. The summed E-state index contributed by atoms with van der Waals surface area (Å²) in [6.07, 6.45) is 2.04. The molecule has 0 atom stereocenters. The fourth-order valence-electron chi connectivity index (χ4n) is 2.96. The zero-order chi connectivity index (χ0) is 16.1. The number of methoxy groups -OCH3 is 1. The summed E-state index contributed by atoms with van der Waals surface area (Å²) in [6, 6.07) is 16.8. The number of ether oxygens (including phenoxy) is 1. The summed E-state index contributed by atoms with van der Waals surface area (Å²) in [5.41, 5.74) is 3.95. The molecule has 0 aliphatic carbocycles. The summed E-state index contributed by atoms with van der Waals surface area (Å²) in [5, 5.41) is 3.47. The number of guanidine groups is 1. The molecular weight excluding hydrogens is 286 g/mol. The number of nitrogens with one attached hydrogen (secondary N) is 1. The minimum absolute atomic E-state index is 0.859. The maximum atomic E-state index is 5.19. The van der Waals surface area contributed by atoms with Gasteiger partial charge in [-0.05, 0) is 42.2 Å². The van der Waals surface area contributed by atoms with Crippen molar-refractivity contribution in [1.82, 2.24) is 5.32 Å². The molecule has 1 aliphatic heterocycles. The fraction of sp³-hybridized carbons (Fsp3) is 0.316. The van der Waals surface area contributed by atoms with E-state index in [1.807, 2.05) is 19.2 Å². The molecule has 1 aliphatic rings. The Bertz CT molecular complexity index is 679. The standard InChI is InChI=1S/C19H23N3O/c1-20-19(22-14-12-16-5-3-4-6-18(16)22)21-13-11-15-7-9-17(23-2)10-8-15/h3-10H,11-14H2,1-2H3,(H,20,21). The zero-order valence-electron chi connectivity index (χ0n) is 13.7. The highest BCUT2D eigenvalue weighted by molar-refractivity contribution is 5.97. The third-order valence-corrected chi connectivity index (χ3v) is 4.21. The Hall–Kier alpha value is -2.49. The highest BCUT2D eigenvalue weighted by Crippen LogP contribution is 2.27. The molecule has 0 aromatic heterocycles. The van der Waals surface area contributed by atoms with E-state index in [-0.39, 0.29) is 0 Å². The SMILES string of the molecule is CN=C(NCCc1ccc(OC)cc1)N1CCc2ccccc21. The van der Waals surface area contributed by atoms with E-state index in [9.17, 15) is 0 Å². The normalized spacial score (nSPS) is 13.8. The molecule has 0 spiro atoms. The van der Waals surface area contributed by atoms with Gasteiger partial charge in [0.2, 0.25) is 0 Å². The minimum atomic E-state index is 0.859. The third kappa shape index (κ3) is 3.47. The van der Waals surface area contributed by atoms with Gasteiger partial charge in [0.25, 0.3) is 0 Å². The maximum absolute atomic E-state index is 5.19. The van der Waals surface area contributed by atoms with Gasteiger partial charge in [0.15, 0.2) is 5.96 Å². The molecule has 120 valence electrons. The van der Waals surface area contributed by atoms with Gasteiger partial charge in [-0.1, -0.05) is 30.3 Å². The van der Waals surface area contributed by atoms with E-state index >= 15 is 0 Å². The second-order valence-electron chi connectivity index (χ2n) is 5.60. The second-order valence-corrected chi connectivity index (χ2v) is 5.60. The van der Waals surface area contributed by atoms with E-state index in [0.29, 0.717) is 0 Å². The van der Waals surface area contributed by atoms with Gasteiger partial charge < -0.3 is 15.0 Å². The average molecular weight is 309 g/mol. The van der Waals surface area contributed by atoms with Crippen LogP contribution in [0.4, 0.5) is 5.69 Å². The van der Waals surface area contributed by atoms with Crippen LogP contribution in [0.15, 0.2) is 53.5 Å². The first-order chi connectivity index (χ1) is 11.3. The monoisotopic (exact) mass is 309 g/mol. The van der Waals surface area contributed by atoms with Crippen molar-refractivity contribution in [2.45, 2.75) is 12.8 Å². The van der Waals surface area contributed by atoms with E-state index in [1.165, 1.54) is 16.8 Å². The number of anilines is 1. The minimum Gasteiger partial charge on any atom is -0.497 e.